The monoisotopic (exact) mass is 462 g/mol. The van der Waals surface area contributed by atoms with Crippen LogP contribution in [0.5, 0.6) is 5.75 Å². The number of fused-ring (bicyclic) bond motifs is 3. The van der Waals surface area contributed by atoms with Gasteiger partial charge in [0.05, 0.1) is 29.2 Å². The molecule has 1 amide bonds. The third-order valence-electron chi connectivity index (χ3n) is 5.35. The van der Waals surface area contributed by atoms with E-state index >= 15 is 0 Å². The van der Waals surface area contributed by atoms with Crippen molar-refractivity contribution in [3.8, 4) is 28.7 Å². The van der Waals surface area contributed by atoms with Crippen LogP contribution in [0.25, 0.3) is 11.1 Å². The van der Waals surface area contributed by atoms with Gasteiger partial charge in [0.2, 0.25) is 0 Å². The Morgan fingerprint density at radius 2 is 1.76 bits per heavy atom. The molecular formula is C25H19ClN2O5. The van der Waals surface area contributed by atoms with Crippen LogP contribution in [-0.2, 0) is 4.74 Å². The molecule has 0 unspecified atom stereocenters. The Morgan fingerprint density at radius 3 is 2.36 bits per heavy atom. The van der Waals surface area contributed by atoms with Gasteiger partial charge in [0.25, 0.3) is 0 Å². The predicted molar refractivity (Wildman–Crippen MR) is 125 cm³/mol. The van der Waals surface area contributed by atoms with Gasteiger partial charge in [0.15, 0.2) is 5.75 Å². The summed E-state index contributed by atoms with van der Waals surface area (Å²) >= 11 is 6.11. The van der Waals surface area contributed by atoms with Crippen LogP contribution >= 0.6 is 11.6 Å². The van der Waals surface area contributed by atoms with E-state index in [4.69, 9.17) is 21.1 Å². The number of ether oxygens (including phenoxy) is 2. The molecule has 0 heterocycles. The SMILES string of the molecule is COc1cc(Cl)c(C#CCNC(=O)OCC2c3ccccc3-c3ccccc32)cc1[N+](=O)[O-]. The molecule has 3 aromatic rings. The van der Waals surface area contributed by atoms with Gasteiger partial charge in [0.1, 0.15) is 6.61 Å². The Bertz CT molecular complexity index is 1250. The lowest BCUT2D eigenvalue weighted by Gasteiger charge is -2.14. The second-order valence-electron chi connectivity index (χ2n) is 7.24. The fraction of sp³-hybridized carbons (Fsp3) is 0.160. The molecule has 0 fully saturated rings. The van der Waals surface area contributed by atoms with E-state index in [2.05, 4.69) is 29.3 Å². The normalized spacial score (nSPS) is 11.6. The minimum atomic E-state index is -0.599. The van der Waals surface area contributed by atoms with Crippen molar-refractivity contribution < 1.29 is 19.2 Å². The molecule has 0 spiro atoms. The average Bonchev–Trinajstić information content (AvgIpc) is 3.14. The molecule has 3 aromatic carbocycles. The summed E-state index contributed by atoms with van der Waals surface area (Å²) in [5, 5.41) is 13.9. The van der Waals surface area contributed by atoms with E-state index in [1.807, 2.05) is 36.4 Å². The third-order valence-corrected chi connectivity index (χ3v) is 5.67. The molecule has 0 saturated carbocycles. The summed E-state index contributed by atoms with van der Waals surface area (Å²) in [4.78, 5) is 22.8. The van der Waals surface area contributed by atoms with Crippen LogP contribution in [0.1, 0.15) is 22.6 Å². The first-order chi connectivity index (χ1) is 16.0. The first kappa shape index (κ1) is 22.2. The van der Waals surface area contributed by atoms with Crippen molar-refractivity contribution in [2.75, 3.05) is 20.3 Å². The fourth-order valence-corrected chi connectivity index (χ4v) is 4.05. The maximum Gasteiger partial charge on any atom is 0.407 e. The molecule has 0 aliphatic heterocycles. The quantitative estimate of drug-likeness (QED) is 0.322. The second kappa shape index (κ2) is 9.63. The number of carbonyl (C=O) groups is 1. The number of nitrogens with one attached hydrogen (secondary N) is 1. The molecule has 0 aromatic heterocycles. The first-order valence-electron chi connectivity index (χ1n) is 10.1. The topological polar surface area (TPSA) is 90.7 Å². The summed E-state index contributed by atoms with van der Waals surface area (Å²) in [5.74, 6) is 5.47. The van der Waals surface area contributed by atoms with Crippen molar-refractivity contribution in [3.05, 3.63) is 92.5 Å². The minimum Gasteiger partial charge on any atom is -0.490 e. The third kappa shape index (κ3) is 4.61. The summed E-state index contributed by atoms with van der Waals surface area (Å²) in [6.45, 7) is 0.191. The van der Waals surface area contributed by atoms with Crippen LogP contribution in [0, 0.1) is 22.0 Å². The summed E-state index contributed by atoms with van der Waals surface area (Å²) in [6, 6.07) is 18.7. The molecule has 0 bridgehead atoms. The Morgan fingerprint density at radius 1 is 1.12 bits per heavy atom. The number of nitrogens with zero attached hydrogens (tertiary/aromatic N) is 1. The number of hydrogen-bond donors (Lipinski definition) is 1. The highest BCUT2D eigenvalue weighted by atomic mass is 35.5. The molecule has 0 saturated heterocycles. The number of amides is 1. The van der Waals surface area contributed by atoms with Crippen LogP contribution in [0.2, 0.25) is 5.02 Å². The zero-order valence-corrected chi connectivity index (χ0v) is 18.4. The highest BCUT2D eigenvalue weighted by Crippen LogP contribution is 2.44. The van der Waals surface area contributed by atoms with E-state index in [-0.39, 0.29) is 41.1 Å². The summed E-state index contributed by atoms with van der Waals surface area (Å²) in [6.07, 6.45) is -0.599. The molecule has 8 heteroatoms. The number of nitro benzene ring substituents is 1. The molecular weight excluding hydrogens is 444 g/mol. The number of halogens is 1. The van der Waals surface area contributed by atoms with Gasteiger partial charge in [0, 0.05) is 18.1 Å². The van der Waals surface area contributed by atoms with Gasteiger partial charge in [-0.25, -0.2) is 4.79 Å². The van der Waals surface area contributed by atoms with Crippen molar-refractivity contribution in [1.29, 1.82) is 0 Å². The molecule has 166 valence electrons. The van der Waals surface area contributed by atoms with Gasteiger partial charge in [-0.3, -0.25) is 10.1 Å². The van der Waals surface area contributed by atoms with Gasteiger partial charge in [-0.1, -0.05) is 72.0 Å². The van der Waals surface area contributed by atoms with Gasteiger partial charge >= 0.3 is 11.8 Å². The summed E-state index contributed by atoms with van der Waals surface area (Å²) < 4.78 is 10.4. The molecule has 4 rings (SSSR count). The number of nitro groups is 1. The predicted octanol–water partition coefficient (Wildman–Crippen LogP) is 5.15. The zero-order chi connectivity index (χ0) is 23.4. The van der Waals surface area contributed by atoms with E-state index in [9.17, 15) is 14.9 Å². The van der Waals surface area contributed by atoms with Crippen molar-refractivity contribution in [2.45, 2.75) is 5.92 Å². The van der Waals surface area contributed by atoms with Gasteiger partial charge in [-0.05, 0) is 22.3 Å². The van der Waals surface area contributed by atoms with Crippen molar-refractivity contribution in [3.63, 3.8) is 0 Å². The number of hydrogen-bond acceptors (Lipinski definition) is 5. The lowest BCUT2D eigenvalue weighted by atomic mass is 9.98. The van der Waals surface area contributed by atoms with Crippen molar-refractivity contribution in [1.82, 2.24) is 5.32 Å². The highest BCUT2D eigenvalue weighted by molar-refractivity contribution is 6.32. The molecule has 0 radical (unpaired) electrons. The Labute approximate surface area is 195 Å². The maximum atomic E-state index is 12.2. The van der Waals surface area contributed by atoms with Gasteiger partial charge < -0.3 is 14.8 Å². The smallest absolute Gasteiger partial charge is 0.407 e. The number of rotatable bonds is 5. The second-order valence-corrected chi connectivity index (χ2v) is 7.65. The lowest BCUT2D eigenvalue weighted by molar-refractivity contribution is -0.385. The highest BCUT2D eigenvalue weighted by Gasteiger charge is 2.28. The van der Waals surface area contributed by atoms with E-state index in [0.717, 1.165) is 22.3 Å². The number of benzene rings is 3. The Kier molecular flexibility index (Phi) is 6.48. The molecule has 1 aliphatic rings. The van der Waals surface area contributed by atoms with E-state index in [1.54, 1.807) is 0 Å². The van der Waals surface area contributed by atoms with Gasteiger partial charge in [-0.15, -0.1) is 0 Å². The van der Waals surface area contributed by atoms with Crippen molar-refractivity contribution in [2.24, 2.45) is 0 Å². The van der Waals surface area contributed by atoms with Crippen LogP contribution in [0.4, 0.5) is 10.5 Å². The lowest BCUT2D eigenvalue weighted by Crippen LogP contribution is -2.26. The first-order valence-corrected chi connectivity index (χ1v) is 10.5. The van der Waals surface area contributed by atoms with Crippen LogP contribution in [0.15, 0.2) is 60.7 Å². The van der Waals surface area contributed by atoms with Crippen LogP contribution < -0.4 is 10.1 Å². The van der Waals surface area contributed by atoms with Gasteiger partial charge in [-0.2, -0.15) is 0 Å². The molecule has 1 N–H and O–H groups in total. The maximum absolute atomic E-state index is 12.2. The standard InChI is InChI=1S/C25H19ClN2O5/c1-32-24-14-22(26)16(13-23(24)28(30)31)7-6-12-27-25(29)33-15-21-19-10-4-2-8-17(19)18-9-3-5-11-20(18)21/h2-5,8-11,13-14,21H,12,15H2,1H3,(H,27,29). The van der Waals surface area contributed by atoms with E-state index in [0.29, 0.717) is 0 Å². The average molecular weight is 463 g/mol. The number of methoxy groups -OCH3 is 1. The van der Waals surface area contributed by atoms with E-state index in [1.165, 1.54) is 19.2 Å². The fourth-order valence-electron chi connectivity index (χ4n) is 3.85. The largest absolute Gasteiger partial charge is 0.490 e. The summed E-state index contributed by atoms with van der Waals surface area (Å²) in [7, 11) is 1.32. The zero-order valence-electron chi connectivity index (χ0n) is 17.6. The summed E-state index contributed by atoms with van der Waals surface area (Å²) in [5.41, 5.74) is 4.58. The van der Waals surface area contributed by atoms with E-state index < -0.39 is 11.0 Å². The Hall–Kier alpha value is -4.02. The molecule has 33 heavy (non-hydrogen) atoms. The van der Waals surface area contributed by atoms with Crippen LogP contribution in [-0.4, -0.2) is 31.3 Å². The van der Waals surface area contributed by atoms with Crippen LogP contribution in [0.3, 0.4) is 0 Å². The minimum absolute atomic E-state index is 0.00711. The Balaban J connectivity index is 1.37. The van der Waals surface area contributed by atoms with Crippen molar-refractivity contribution >= 4 is 23.4 Å². The number of alkyl carbamates (subject to hydrolysis) is 1. The number of carbonyl (C=O) groups excluding carboxylic acids is 1. The molecule has 1 aliphatic carbocycles. The molecule has 0 atom stereocenters. The molecule has 7 nitrogen and oxygen atoms in total.